The van der Waals surface area contributed by atoms with E-state index in [1.54, 1.807) is 23.3 Å². The highest BCUT2D eigenvalue weighted by molar-refractivity contribution is 5.92. The van der Waals surface area contributed by atoms with Crippen LogP contribution in [0.4, 0.5) is 0 Å². The molecule has 27 heavy (non-hydrogen) atoms. The smallest absolute Gasteiger partial charge is 0.269 e. The van der Waals surface area contributed by atoms with Crippen LogP contribution in [0, 0.1) is 6.92 Å². The molecule has 136 valence electrons. The summed E-state index contributed by atoms with van der Waals surface area (Å²) in [6, 6.07) is 13.5. The van der Waals surface area contributed by atoms with Crippen molar-refractivity contribution in [1.82, 2.24) is 29.6 Å². The van der Waals surface area contributed by atoms with Gasteiger partial charge in [-0.25, -0.2) is 9.97 Å². The Labute approximate surface area is 156 Å². The van der Waals surface area contributed by atoms with E-state index in [2.05, 4.69) is 20.4 Å². The van der Waals surface area contributed by atoms with Gasteiger partial charge in [0, 0.05) is 24.8 Å². The van der Waals surface area contributed by atoms with Gasteiger partial charge in [0.1, 0.15) is 17.8 Å². The first-order valence-corrected chi connectivity index (χ1v) is 8.86. The van der Waals surface area contributed by atoms with Crippen LogP contribution in [0.25, 0.3) is 16.9 Å². The summed E-state index contributed by atoms with van der Waals surface area (Å²) >= 11 is 0. The van der Waals surface area contributed by atoms with Gasteiger partial charge in [0.15, 0.2) is 0 Å². The highest BCUT2D eigenvalue weighted by Gasteiger charge is 2.15. The molecule has 0 spiro atoms. The highest BCUT2D eigenvalue weighted by atomic mass is 16.2. The van der Waals surface area contributed by atoms with Crippen LogP contribution in [-0.2, 0) is 13.1 Å². The predicted molar refractivity (Wildman–Crippen MR) is 103 cm³/mol. The van der Waals surface area contributed by atoms with Gasteiger partial charge in [0.25, 0.3) is 5.91 Å². The van der Waals surface area contributed by atoms with Crippen LogP contribution in [0.5, 0.6) is 0 Å². The van der Waals surface area contributed by atoms with Gasteiger partial charge in [-0.2, -0.15) is 5.10 Å². The number of fused-ring (bicyclic) bond motifs is 1. The van der Waals surface area contributed by atoms with E-state index >= 15 is 0 Å². The Balaban J connectivity index is 1.61. The summed E-state index contributed by atoms with van der Waals surface area (Å²) in [5, 5.41) is 7.31. The number of benzene rings is 1. The second-order valence-electron chi connectivity index (χ2n) is 6.26. The Morgan fingerprint density at radius 1 is 1.15 bits per heavy atom. The lowest BCUT2D eigenvalue weighted by molar-refractivity contribution is 0.0940. The van der Waals surface area contributed by atoms with E-state index in [-0.39, 0.29) is 5.91 Å². The summed E-state index contributed by atoms with van der Waals surface area (Å²) in [6.07, 6.45) is 3.50. The molecule has 0 aliphatic rings. The summed E-state index contributed by atoms with van der Waals surface area (Å²) < 4.78 is 3.65. The predicted octanol–water partition coefficient (Wildman–Crippen LogP) is 2.88. The molecule has 0 saturated carbocycles. The molecular formula is C20H20N6O. The lowest BCUT2D eigenvalue weighted by Crippen LogP contribution is -2.26. The summed E-state index contributed by atoms with van der Waals surface area (Å²) in [5.41, 5.74) is 4.18. The van der Waals surface area contributed by atoms with Crippen LogP contribution in [0.15, 0.2) is 55.0 Å². The molecule has 0 bridgehead atoms. The second-order valence-corrected chi connectivity index (χ2v) is 6.26. The van der Waals surface area contributed by atoms with E-state index in [1.807, 2.05) is 54.8 Å². The molecule has 0 atom stereocenters. The van der Waals surface area contributed by atoms with Crippen molar-refractivity contribution in [2.75, 3.05) is 0 Å². The van der Waals surface area contributed by atoms with Crippen LogP contribution in [0.2, 0.25) is 0 Å². The Bertz CT molecular complexity index is 1110. The number of nitrogens with zero attached hydrogens (tertiary/aromatic N) is 5. The molecule has 0 aliphatic heterocycles. The highest BCUT2D eigenvalue weighted by Crippen LogP contribution is 2.19. The van der Waals surface area contributed by atoms with Crippen molar-refractivity contribution in [2.24, 2.45) is 0 Å². The average molecular weight is 360 g/mol. The van der Waals surface area contributed by atoms with Crippen molar-refractivity contribution in [1.29, 1.82) is 0 Å². The molecule has 1 N–H and O–H groups in total. The first kappa shape index (κ1) is 17.0. The first-order valence-electron chi connectivity index (χ1n) is 8.86. The lowest BCUT2D eigenvalue weighted by atomic mass is 10.2. The number of aryl methyl sites for hydroxylation is 2. The van der Waals surface area contributed by atoms with E-state index in [0.717, 1.165) is 28.1 Å². The van der Waals surface area contributed by atoms with E-state index in [4.69, 9.17) is 0 Å². The standard InChI is InChI=1S/C20H20N6O/c1-3-26-18(11-14(2)24-26)20(27)22-12-15-7-6-10-21-19(15)25-13-23-16-8-4-5-9-17(16)25/h4-11,13H,3,12H2,1-2H3,(H,22,27). The Morgan fingerprint density at radius 2 is 2.00 bits per heavy atom. The maximum Gasteiger partial charge on any atom is 0.269 e. The van der Waals surface area contributed by atoms with Crippen LogP contribution in [0.3, 0.4) is 0 Å². The van der Waals surface area contributed by atoms with Crippen molar-refractivity contribution < 1.29 is 4.79 Å². The van der Waals surface area contributed by atoms with Crippen molar-refractivity contribution >= 4 is 16.9 Å². The Kier molecular flexibility index (Phi) is 4.42. The average Bonchev–Trinajstić information content (AvgIpc) is 3.29. The number of rotatable bonds is 5. The largest absolute Gasteiger partial charge is 0.346 e. The SMILES string of the molecule is CCn1nc(C)cc1C(=O)NCc1cccnc1-n1cnc2ccccc21. The zero-order valence-corrected chi connectivity index (χ0v) is 15.3. The second kappa shape index (κ2) is 7.03. The maximum absolute atomic E-state index is 12.6. The number of carbonyl (C=O) groups is 1. The fourth-order valence-electron chi connectivity index (χ4n) is 3.15. The van der Waals surface area contributed by atoms with E-state index < -0.39 is 0 Å². The van der Waals surface area contributed by atoms with Gasteiger partial charge in [0.2, 0.25) is 0 Å². The fraction of sp³-hybridized carbons (Fsp3) is 0.200. The van der Waals surface area contributed by atoms with E-state index in [0.29, 0.717) is 18.8 Å². The number of hydrogen-bond donors (Lipinski definition) is 1. The molecule has 4 rings (SSSR count). The lowest BCUT2D eigenvalue weighted by Gasteiger charge is -2.11. The molecule has 4 aromatic rings. The van der Waals surface area contributed by atoms with Gasteiger partial charge >= 0.3 is 0 Å². The molecule has 3 aromatic heterocycles. The zero-order chi connectivity index (χ0) is 18.8. The Hall–Kier alpha value is -3.48. The maximum atomic E-state index is 12.6. The third-order valence-electron chi connectivity index (χ3n) is 4.42. The van der Waals surface area contributed by atoms with Gasteiger partial charge in [-0.05, 0) is 38.1 Å². The molecule has 1 aromatic carbocycles. The number of imidazole rings is 1. The third-order valence-corrected chi connectivity index (χ3v) is 4.42. The number of para-hydroxylation sites is 2. The minimum atomic E-state index is -0.150. The Morgan fingerprint density at radius 3 is 2.85 bits per heavy atom. The minimum Gasteiger partial charge on any atom is -0.346 e. The normalized spacial score (nSPS) is 11.0. The summed E-state index contributed by atoms with van der Waals surface area (Å²) in [6.45, 7) is 4.86. The summed E-state index contributed by atoms with van der Waals surface area (Å²) in [7, 11) is 0. The molecule has 3 heterocycles. The van der Waals surface area contributed by atoms with E-state index in [1.165, 1.54) is 0 Å². The van der Waals surface area contributed by atoms with Gasteiger partial charge in [-0.1, -0.05) is 18.2 Å². The molecule has 0 aliphatic carbocycles. The van der Waals surface area contributed by atoms with Crippen LogP contribution in [-0.4, -0.2) is 30.2 Å². The van der Waals surface area contributed by atoms with Crippen LogP contribution >= 0.6 is 0 Å². The molecule has 7 nitrogen and oxygen atoms in total. The number of nitrogens with one attached hydrogen (secondary N) is 1. The van der Waals surface area contributed by atoms with Gasteiger partial charge in [-0.3, -0.25) is 14.0 Å². The molecule has 0 unspecified atom stereocenters. The molecule has 1 amide bonds. The van der Waals surface area contributed by atoms with Gasteiger partial charge in [0.05, 0.1) is 16.7 Å². The molecule has 0 radical (unpaired) electrons. The van der Waals surface area contributed by atoms with Gasteiger partial charge in [-0.15, -0.1) is 0 Å². The van der Waals surface area contributed by atoms with Crippen molar-refractivity contribution in [2.45, 2.75) is 26.9 Å². The first-order chi connectivity index (χ1) is 13.2. The minimum absolute atomic E-state index is 0.150. The van der Waals surface area contributed by atoms with Crippen molar-refractivity contribution in [3.05, 3.63) is 71.9 Å². The van der Waals surface area contributed by atoms with Crippen molar-refractivity contribution in [3.63, 3.8) is 0 Å². The third kappa shape index (κ3) is 3.19. The number of hydrogen-bond acceptors (Lipinski definition) is 4. The molecular weight excluding hydrogens is 340 g/mol. The zero-order valence-electron chi connectivity index (χ0n) is 15.3. The van der Waals surface area contributed by atoms with Crippen LogP contribution in [0.1, 0.15) is 28.7 Å². The van der Waals surface area contributed by atoms with Crippen LogP contribution < -0.4 is 5.32 Å². The molecule has 0 saturated heterocycles. The van der Waals surface area contributed by atoms with Gasteiger partial charge < -0.3 is 5.32 Å². The fourth-order valence-corrected chi connectivity index (χ4v) is 3.15. The number of pyridine rings is 1. The summed E-state index contributed by atoms with van der Waals surface area (Å²) in [5.74, 6) is 0.606. The monoisotopic (exact) mass is 360 g/mol. The summed E-state index contributed by atoms with van der Waals surface area (Å²) in [4.78, 5) is 21.6. The number of aromatic nitrogens is 5. The number of carbonyl (C=O) groups excluding carboxylic acids is 1. The quantitative estimate of drug-likeness (QED) is 0.594. The van der Waals surface area contributed by atoms with E-state index in [9.17, 15) is 4.79 Å². The van der Waals surface area contributed by atoms with Crippen molar-refractivity contribution in [3.8, 4) is 5.82 Å². The topological polar surface area (TPSA) is 77.6 Å². The molecule has 7 heteroatoms. The number of amides is 1. The molecule has 0 fully saturated rings.